The Balaban J connectivity index is 1.46. The molecule has 2 aliphatic rings. The van der Waals surface area contributed by atoms with E-state index in [9.17, 15) is 0 Å². The van der Waals surface area contributed by atoms with Gasteiger partial charge in [-0.1, -0.05) is 12.1 Å². The van der Waals surface area contributed by atoms with Gasteiger partial charge < -0.3 is 9.26 Å². The van der Waals surface area contributed by atoms with E-state index in [2.05, 4.69) is 33.8 Å². The lowest BCUT2D eigenvalue weighted by molar-refractivity contribution is 0.0217. The van der Waals surface area contributed by atoms with E-state index in [1.807, 2.05) is 0 Å². The highest BCUT2D eigenvalue weighted by molar-refractivity contribution is 4.93. The Morgan fingerprint density at radius 2 is 1.91 bits per heavy atom. The molecule has 2 saturated heterocycles. The number of nitrogens with zero attached hydrogens (tertiary/aromatic N) is 4. The number of morpholine rings is 1. The van der Waals surface area contributed by atoms with E-state index in [1.54, 1.807) is 0 Å². The van der Waals surface area contributed by atoms with Crippen molar-refractivity contribution in [3.8, 4) is 0 Å². The zero-order chi connectivity index (χ0) is 15.4. The Bertz CT molecular complexity index is 451. The number of hydrogen-bond acceptors (Lipinski definition) is 6. The summed E-state index contributed by atoms with van der Waals surface area (Å²) >= 11 is 0. The number of aryl methyl sites for hydroxylation is 1. The van der Waals surface area contributed by atoms with E-state index in [1.165, 1.54) is 19.4 Å². The van der Waals surface area contributed by atoms with Gasteiger partial charge in [0.25, 0.3) is 0 Å². The van der Waals surface area contributed by atoms with E-state index in [-0.39, 0.29) is 6.04 Å². The van der Waals surface area contributed by atoms with Crippen molar-refractivity contribution in [2.45, 2.75) is 39.2 Å². The fourth-order valence-electron chi connectivity index (χ4n) is 3.41. The smallest absolute Gasteiger partial charge is 0.243 e. The van der Waals surface area contributed by atoms with Crippen LogP contribution in [0.4, 0.5) is 0 Å². The minimum Gasteiger partial charge on any atom is -0.379 e. The zero-order valence-electron chi connectivity index (χ0n) is 13.8. The van der Waals surface area contributed by atoms with E-state index in [0.717, 1.165) is 63.4 Å². The second-order valence-corrected chi connectivity index (χ2v) is 6.47. The van der Waals surface area contributed by atoms with Crippen LogP contribution in [-0.4, -0.2) is 65.9 Å². The van der Waals surface area contributed by atoms with Gasteiger partial charge in [0.05, 0.1) is 19.3 Å². The number of likely N-dealkylation sites (tertiary alicyclic amines) is 1. The number of hydrogen-bond donors (Lipinski definition) is 0. The normalized spacial score (nSPS) is 23.7. The van der Waals surface area contributed by atoms with Crippen molar-refractivity contribution in [1.29, 1.82) is 0 Å². The summed E-state index contributed by atoms with van der Waals surface area (Å²) in [7, 11) is 0. The lowest BCUT2D eigenvalue weighted by Gasteiger charge is -2.37. The van der Waals surface area contributed by atoms with Gasteiger partial charge in [-0.15, -0.1) is 0 Å². The molecule has 22 heavy (non-hydrogen) atoms. The summed E-state index contributed by atoms with van der Waals surface area (Å²) in [4.78, 5) is 9.50. The average molecular weight is 308 g/mol. The summed E-state index contributed by atoms with van der Waals surface area (Å²) in [5.41, 5.74) is 0. The predicted octanol–water partition coefficient (Wildman–Crippen LogP) is 1.74. The molecule has 1 aromatic heterocycles. The number of ether oxygens (including phenoxy) is 1. The van der Waals surface area contributed by atoms with Gasteiger partial charge in [0.15, 0.2) is 5.82 Å². The molecular weight excluding hydrogens is 280 g/mol. The largest absolute Gasteiger partial charge is 0.379 e. The average Bonchev–Trinajstić information content (AvgIpc) is 3.05. The Kier molecular flexibility index (Phi) is 5.44. The topological polar surface area (TPSA) is 54.6 Å². The minimum atomic E-state index is 0.233. The lowest BCUT2D eigenvalue weighted by atomic mass is 9.95. The molecule has 0 unspecified atom stereocenters. The van der Waals surface area contributed by atoms with Crippen molar-refractivity contribution in [3.63, 3.8) is 0 Å². The molecule has 0 amide bonds. The third-order valence-electron chi connectivity index (χ3n) is 4.97. The van der Waals surface area contributed by atoms with Crippen LogP contribution in [0.5, 0.6) is 0 Å². The molecule has 0 aromatic carbocycles. The third kappa shape index (κ3) is 3.86. The number of rotatable bonds is 5. The minimum absolute atomic E-state index is 0.233. The van der Waals surface area contributed by atoms with Gasteiger partial charge in [-0.2, -0.15) is 4.98 Å². The summed E-state index contributed by atoms with van der Waals surface area (Å²) in [6.45, 7) is 11.7. The van der Waals surface area contributed by atoms with Gasteiger partial charge in [0.2, 0.25) is 5.89 Å². The maximum absolute atomic E-state index is 5.42. The molecule has 0 spiro atoms. The molecule has 6 nitrogen and oxygen atoms in total. The molecule has 2 fully saturated rings. The fraction of sp³-hybridized carbons (Fsp3) is 0.875. The summed E-state index contributed by atoms with van der Waals surface area (Å²) < 4.78 is 10.8. The van der Waals surface area contributed by atoms with Gasteiger partial charge in [-0.05, 0) is 38.8 Å². The Morgan fingerprint density at radius 1 is 1.18 bits per heavy atom. The van der Waals surface area contributed by atoms with Crippen LogP contribution in [0, 0.1) is 5.92 Å². The second kappa shape index (κ2) is 7.53. The number of piperidine rings is 1. The van der Waals surface area contributed by atoms with Crippen LogP contribution < -0.4 is 0 Å². The maximum Gasteiger partial charge on any atom is 0.243 e. The molecule has 1 atom stereocenters. The molecule has 3 rings (SSSR count). The maximum atomic E-state index is 5.42. The molecule has 0 aliphatic carbocycles. The highest BCUT2D eigenvalue weighted by Gasteiger charge is 2.27. The highest BCUT2D eigenvalue weighted by Crippen LogP contribution is 2.26. The molecule has 3 heterocycles. The van der Waals surface area contributed by atoms with Crippen LogP contribution in [-0.2, 0) is 11.2 Å². The van der Waals surface area contributed by atoms with Crippen molar-refractivity contribution >= 4 is 0 Å². The summed E-state index contributed by atoms with van der Waals surface area (Å²) in [5.74, 6) is 2.39. The van der Waals surface area contributed by atoms with Crippen LogP contribution in [0.2, 0.25) is 0 Å². The second-order valence-electron chi connectivity index (χ2n) is 6.47. The monoisotopic (exact) mass is 308 g/mol. The van der Waals surface area contributed by atoms with E-state index in [4.69, 9.17) is 9.26 Å². The van der Waals surface area contributed by atoms with Gasteiger partial charge in [0, 0.05) is 26.1 Å². The summed E-state index contributed by atoms with van der Waals surface area (Å²) in [6.07, 6.45) is 3.35. The molecule has 2 aliphatic heterocycles. The van der Waals surface area contributed by atoms with E-state index in [0.29, 0.717) is 0 Å². The lowest BCUT2D eigenvalue weighted by Crippen LogP contribution is -2.43. The van der Waals surface area contributed by atoms with Gasteiger partial charge in [0.1, 0.15) is 0 Å². The van der Waals surface area contributed by atoms with Gasteiger partial charge in [-0.3, -0.25) is 9.80 Å². The van der Waals surface area contributed by atoms with Crippen LogP contribution in [0.15, 0.2) is 4.52 Å². The van der Waals surface area contributed by atoms with Crippen LogP contribution in [0.3, 0.4) is 0 Å². The van der Waals surface area contributed by atoms with Crippen molar-refractivity contribution in [1.82, 2.24) is 19.9 Å². The molecule has 0 N–H and O–H groups in total. The first-order valence-corrected chi connectivity index (χ1v) is 8.63. The predicted molar refractivity (Wildman–Crippen MR) is 83.6 cm³/mol. The Hall–Kier alpha value is -0.980. The van der Waals surface area contributed by atoms with Crippen LogP contribution in [0.1, 0.15) is 44.4 Å². The molecular formula is C16H28N4O2. The van der Waals surface area contributed by atoms with Gasteiger partial charge >= 0.3 is 0 Å². The SMILES string of the molecule is CCc1noc([C@@H](C)N2CCC(CN3CCOCC3)CC2)n1. The van der Waals surface area contributed by atoms with Crippen molar-refractivity contribution in [3.05, 3.63) is 11.7 Å². The molecule has 1 aromatic rings. The summed E-state index contributed by atoms with van der Waals surface area (Å²) in [6, 6.07) is 0.233. The molecule has 0 bridgehead atoms. The molecule has 124 valence electrons. The zero-order valence-corrected chi connectivity index (χ0v) is 13.8. The van der Waals surface area contributed by atoms with Crippen molar-refractivity contribution < 1.29 is 9.26 Å². The van der Waals surface area contributed by atoms with Crippen molar-refractivity contribution in [2.24, 2.45) is 5.92 Å². The first-order chi connectivity index (χ1) is 10.8. The molecule has 0 saturated carbocycles. The highest BCUT2D eigenvalue weighted by atomic mass is 16.5. The first-order valence-electron chi connectivity index (χ1n) is 8.63. The standard InChI is InChI=1S/C16H28N4O2/c1-3-15-17-16(22-18-15)13(2)20-6-4-14(5-7-20)12-19-8-10-21-11-9-19/h13-14H,3-12H2,1-2H3/t13-/m1/s1. The fourth-order valence-corrected chi connectivity index (χ4v) is 3.41. The first kappa shape index (κ1) is 15.9. The van der Waals surface area contributed by atoms with E-state index < -0.39 is 0 Å². The van der Waals surface area contributed by atoms with Gasteiger partial charge in [-0.25, -0.2) is 0 Å². The Morgan fingerprint density at radius 3 is 2.55 bits per heavy atom. The third-order valence-corrected chi connectivity index (χ3v) is 4.97. The van der Waals surface area contributed by atoms with Crippen molar-refractivity contribution in [2.75, 3.05) is 45.9 Å². The Labute approximate surface area is 132 Å². The van der Waals surface area contributed by atoms with E-state index >= 15 is 0 Å². The van der Waals surface area contributed by atoms with Crippen LogP contribution >= 0.6 is 0 Å². The summed E-state index contributed by atoms with van der Waals surface area (Å²) in [5, 5.41) is 4.01. The molecule has 6 heteroatoms. The van der Waals surface area contributed by atoms with Crippen LogP contribution in [0.25, 0.3) is 0 Å². The number of aromatic nitrogens is 2. The quantitative estimate of drug-likeness (QED) is 0.826. The molecule has 0 radical (unpaired) electrons.